The van der Waals surface area contributed by atoms with Crippen LogP contribution in [0.5, 0.6) is 5.75 Å². The van der Waals surface area contributed by atoms with Gasteiger partial charge < -0.3 is 4.74 Å². The lowest BCUT2D eigenvalue weighted by Gasteiger charge is -2.08. The summed E-state index contributed by atoms with van der Waals surface area (Å²) in [5, 5.41) is 8.74. The summed E-state index contributed by atoms with van der Waals surface area (Å²) in [5.41, 5.74) is 1.66. The van der Waals surface area contributed by atoms with E-state index in [2.05, 4.69) is 0 Å². The average molecular weight is 345 g/mol. The van der Waals surface area contributed by atoms with Crippen molar-refractivity contribution in [3.8, 4) is 11.8 Å². The summed E-state index contributed by atoms with van der Waals surface area (Å²) in [5.74, 6) is -2.60. The van der Waals surface area contributed by atoms with Gasteiger partial charge in [0.2, 0.25) is 0 Å². The number of carbonyl (C=O) groups excluding carboxylic acids is 1. The highest BCUT2D eigenvalue weighted by atomic mass is 32.2. The minimum atomic E-state index is -2.56. The van der Waals surface area contributed by atoms with Crippen molar-refractivity contribution in [3.05, 3.63) is 65.2 Å². The van der Waals surface area contributed by atoms with Crippen LogP contribution in [0.2, 0.25) is 0 Å². The first kappa shape index (κ1) is 17.7. The van der Waals surface area contributed by atoms with Gasteiger partial charge in [0.25, 0.3) is 5.76 Å². The van der Waals surface area contributed by atoms with Gasteiger partial charge in [-0.3, -0.25) is 4.79 Å². The number of ketones is 1. The largest absolute Gasteiger partial charge is 0.496 e. The van der Waals surface area contributed by atoms with Crippen molar-refractivity contribution in [2.75, 3.05) is 7.11 Å². The van der Waals surface area contributed by atoms with Crippen LogP contribution in [0.4, 0.5) is 8.78 Å². The van der Waals surface area contributed by atoms with Crippen molar-refractivity contribution in [2.45, 2.75) is 10.7 Å². The Morgan fingerprint density at radius 1 is 1.25 bits per heavy atom. The monoisotopic (exact) mass is 345 g/mol. The van der Waals surface area contributed by atoms with E-state index in [-0.39, 0.29) is 16.4 Å². The van der Waals surface area contributed by atoms with Crippen LogP contribution in [0.25, 0.3) is 6.08 Å². The number of ether oxygens (including phenoxy) is 1. The fourth-order valence-corrected chi connectivity index (χ4v) is 2.55. The normalized spacial score (nSPS) is 10.8. The standard InChI is InChI=1S/C18H13F2NO2S/c1-23-16-10-14(7-9-17(16)24-18(19)20)15(22)8-6-12-2-4-13(11-21)5-3-12/h2-10,18H,1H3. The Morgan fingerprint density at radius 2 is 1.96 bits per heavy atom. The predicted octanol–water partition coefficient (Wildman–Crippen LogP) is 4.78. The zero-order valence-corrected chi connectivity index (χ0v) is 13.5. The Morgan fingerprint density at radius 3 is 2.54 bits per heavy atom. The number of alkyl halides is 2. The molecule has 3 nitrogen and oxygen atoms in total. The molecule has 0 spiro atoms. The molecule has 0 saturated carbocycles. The molecule has 2 rings (SSSR count). The highest BCUT2D eigenvalue weighted by Gasteiger charge is 2.13. The molecule has 0 amide bonds. The predicted molar refractivity (Wildman–Crippen MR) is 89.4 cm³/mol. The zero-order valence-electron chi connectivity index (χ0n) is 12.7. The van der Waals surface area contributed by atoms with Crippen molar-refractivity contribution in [3.63, 3.8) is 0 Å². The van der Waals surface area contributed by atoms with Crippen LogP contribution < -0.4 is 4.74 Å². The van der Waals surface area contributed by atoms with E-state index in [1.807, 2.05) is 6.07 Å². The molecule has 122 valence electrons. The first-order valence-corrected chi connectivity index (χ1v) is 7.77. The number of allylic oxidation sites excluding steroid dienone is 1. The number of hydrogen-bond donors (Lipinski definition) is 0. The summed E-state index contributed by atoms with van der Waals surface area (Å²) < 4.78 is 30.0. The molecule has 0 atom stereocenters. The summed E-state index contributed by atoms with van der Waals surface area (Å²) in [6.07, 6.45) is 3.01. The van der Waals surface area contributed by atoms with Crippen molar-refractivity contribution < 1.29 is 18.3 Å². The second-order valence-corrected chi connectivity index (χ2v) is 5.71. The van der Waals surface area contributed by atoms with Gasteiger partial charge in [-0.05, 0) is 42.0 Å². The third-order valence-electron chi connectivity index (χ3n) is 3.13. The van der Waals surface area contributed by atoms with E-state index in [0.717, 1.165) is 5.56 Å². The maximum absolute atomic E-state index is 12.5. The zero-order chi connectivity index (χ0) is 17.5. The Hall–Kier alpha value is -2.65. The van der Waals surface area contributed by atoms with Crippen LogP contribution in [0.15, 0.2) is 53.4 Å². The van der Waals surface area contributed by atoms with Gasteiger partial charge in [-0.1, -0.05) is 30.0 Å². The van der Waals surface area contributed by atoms with Crippen LogP contribution in [0.1, 0.15) is 21.5 Å². The van der Waals surface area contributed by atoms with E-state index in [9.17, 15) is 13.6 Å². The average Bonchev–Trinajstić information content (AvgIpc) is 2.60. The third kappa shape index (κ3) is 4.67. The molecule has 0 bridgehead atoms. The maximum atomic E-state index is 12.5. The summed E-state index contributed by atoms with van der Waals surface area (Å²) in [6.45, 7) is 0. The van der Waals surface area contributed by atoms with Crippen LogP contribution in [-0.4, -0.2) is 18.7 Å². The van der Waals surface area contributed by atoms with Crippen LogP contribution in [0, 0.1) is 11.3 Å². The summed E-state index contributed by atoms with van der Waals surface area (Å²) >= 11 is 0.370. The molecule has 2 aromatic carbocycles. The lowest BCUT2D eigenvalue weighted by molar-refractivity contribution is 0.104. The fraction of sp³-hybridized carbons (Fsp3) is 0.111. The number of carbonyl (C=O) groups is 1. The van der Waals surface area contributed by atoms with Gasteiger partial charge in [0.1, 0.15) is 5.75 Å². The van der Waals surface area contributed by atoms with Crippen LogP contribution in [-0.2, 0) is 0 Å². The van der Waals surface area contributed by atoms with Crippen molar-refractivity contribution in [1.82, 2.24) is 0 Å². The molecule has 0 radical (unpaired) electrons. The molecule has 0 aliphatic heterocycles. The molecule has 0 aromatic heterocycles. The van der Waals surface area contributed by atoms with Crippen molar-refractivity contribution in [2.24, 2.45) is 0 Å². The second kappa shape index (κ2) is 8.27. The van der Waals surface area contributed by atoms with E-state index in [1.165, 1.54) is 31.4 Å². The number of rotatable bonds is 6. The molecule has 0 aliphatic rings. The van der Waals surface area contributed by atoms with Crippen LogP contribution >= 0.6 is 11.8 Å². The molecule has 0 unspecified atom stereocenters. The van der Waals surface area contributed by atoms with E-state index < -0.39 is 5.76 Å². The smallest absolute Gasteiger partial charge is 0.289 e. The Labute approximate surface area is 142 Å². The molecule has 2 aromatic rings. The van der Waals surface area contributed by atoms with Crippen LogP contribution in [0.3, 0.4) is 0 Å². The first-order chi connectivity index (χ1) is 11.5. The molecule has 0 N–H and O–H groups in total. The van der Waals surface area contributed by atoms with E-state index in [0.29, 0.717) is 22.9 Å². The van der Waals surface area contributed by atoms with Gasteiger partial charge in [0, 0.05) is 5.56 Å². The second-order valence-electron chi connectivity index (χ2n) is 4.68. The maximum Gasteiger partial charge on any atom is 0.289 e. The van der Waals surface area contributed by atoms with Gasteiger partial charge in [0.05, 0.1) is 23.6 Å². The summed E-state index contributed by atoms with van der Waals surface area (Å²) in [4.78, 5) is 12.5. The minimum absolute atomic E-state index is 0.234. The SMILES string of the molecule is COc1cc(C(=O)C=Cc2ccc(C#N)cc2)ccc1SC(F)F. The Kier molecular flexibility index (Phi) is 6.10. The lowest BCUT2D eigenvalue weighted by Crippen LogP contribution is -1.97. The highest BCUT2D eigenvalue weighted by molar-refractivity contribution is 7.99. The minimum Gasteiger partial charge on any atom is -0.496 e. The Bertz CT molecular complexity index is 796. The number of halogens is 2. The first-order valence-electron chi connectivity index (χ1n) is 6.89. The lowest BCUT2D eigenvalue weighted by atomic mass is 10.1. The summed E-state index contributed by atoms with van der Waals surface area (Å²) in [7, 11) is 1.37. The van der Waals surface area contributed by atoms with Gasteiger partial charge in [-0.2, -0.15) is 14.0 Å². The van der Waals surface area contributed by atoms with Gasteiger partial charge in [-0.15, -0.1) is 0 Å². The number of thioether (sulfide) groups is 1. The highest BCUT2D eigenvalue weighted by Crippen LogP contribution is 2.34. The van der Waals surface area contributed by atoms with Gasteiger partial charge in [0.15, 0.2) is 5.78 Å². The number of hydrogen-bond acceptors (Lipinski definition) is 4. The topological polar surface area (TPSA) is 50.1 Å². The Balaban J connectivity index is 2.16. The van der Waals surface area contributed by atoms with E-state index in [1.54, 1.807) is 30.3 Å². The van der Waals surface area contributed by atoms with E-state index >= 15 is 0 Å². The number of benzene rings is 2. The molecule has 0 heterocycles. The number of nitriles is 1. The molecule has 0 saturated heterocycles. The third-order valence-corrected chi connectivity index (χ3v) is 3.90. The number of methoxy groups -OCH3 is 1. The molecule has 24 heavy (non-hydrogen) atoms. The molecular weight excluding hydrogens is 332 g/mol. The van der Waals surface area contributed by atoms with E-state index in [4.69, 9.17) is 10.00 Å². The fourth-order valence-electron chi connectivity index (χ4n) is 1.95. The van der Waals surface area contributed by atoms with Crippen molar-refractivity contribution >= 4 is 23.6 Å². The van der Waals surface area contributed by atoms with Gasteiger partial charge >= 0.3 is 0 Å². The molecule has 0 aliphatic carbocycles. The van der Waals surface area contributed by atoms with Gasteiger partial charge in [-0.25, -0.2) is 0 Å². The molecule has 0 fully saturated rings. The quantitative estimate of drug-likeness (QED) is 0.430. The molecule has 6 heteroatoms. The molecular formula is C18H13F2NO2S. The van der Waals surface area contributed by atoms with Crippen molar-refractivity contribution in [1.29, 1.82) is 5.26 Å². The summed E-state index contributed by atoms with van der Waals surface area (Å²) in [6, 6.07) is 13.2. The number of nitrogens with zero attached hydrogens (tertiary/aromatic N) is 1.